The van der Waals surface area contributed by atoms with Gasteiger partial charge < -0.3 is 5.32 Å². The van der Waals surface area contributed by atoms with E-state index in [1.807, 2.05) is 37.3 Å². The van der Waals surface area contributed by atoms with E-state index in [4.69, 9.17) is 11.6 Å². The number of rotatable bonds is 6. The third-order valence-electron chi connectivity index (χ3n) is 3.28. The van der Waals surface area contributed by atoms with Crippen LogP contribution in [0.5, 0.6) is 0 Å². The quantitative estimate of drug-likeness (QED) is 0.623. The fraction of sp³-hybridized carbons (Fsp3) is 0.312. The SMILES string of the molecule is Cc1nn(-c2ccccc2)c(Cl)c1CSc1nnc(NC(C)C)s1. The predicted molar refractivity (Wildman–Crippen MR) is 102 cm³/mol. The number of hydrogen-bond donors (Lipinski definition) is 1. The molecule has 0 unspecified atom stereocenters. The van der Waals surface area contributed by atoms with E-state index in [9.17, 15) is 0 Å². The van der Waals surface area contributed by atoms with Crippen LogP contribution < -0.4 is 5.32 Å². The van der Waals surface area contributed by atoms with Crippen LogP contribution in [-0.2, 0) is 5.75 Å². The molecule has 0 atom stereocenters. The molecule has 3 aromatic rings. The number of nitrogens with one attached hydrogen (secondary N) is 1. The molecule has 1 aromatic carbocycles. The molecule has 2 heterocycles. The summed E-state index contributed by atoms with van der Waals surface area (Å²) in [7, 11) is 0. The van der Waals surface area contributed by atoms with Gasteiger partial charge in [-0.15, -0.1) is 10.2 Å². The Morgan fingerprint density at radius 1 is 1.25 bits per heavy atom. The molecular formula is C16H18ClN5S2. The Morgan fingerprint density at radius 2 is 2.00 bits per heavy atom. The molecule has 2 aromatic heterocycles. The maximum absolute atomic E-state index is 6.55. The second-order valence-electron chi connectivity index (χ2n) is 5.56. The molecule has 0 aliphatic heterocycles. The number of anilines is 1. The Kier molecular flexibility index (Phi) is 5.43. The Balaban J connectivity index is 1.74. The Labute approximate surface area is 154 Å². The van der Waals surface area contributed by atoms with Crippen molar-refractivity contribution < 1.29 is 0 Å². The predicted octanol–water partition coefficient (Wildman–Crippen LogP) is 4.80. The minimum Gasteiger partial charge on any atom is -0.358 e. The molecule has 0 amide bonds. The molecule has 8 heteroatoms. The molecule has 126 valence electrons. The van der Waals surface area contributed by atoms with E-state index in [-0.39, 0.29) is 0 Å². The first kappa shape index (κ1) is 17.3. The van der Waals surface area contributed by atoms with Gasteiger partial charge in [0.25, 0.3) is 0 Å². The molecule has 24 heavy (non-hydrogen) atoms. The summed E-state index contributed by atoms with van der Waals surface area (Å²) in [5.41, 5.74) is 2.92. The van der Waals surface area contributed by atoms with Crippen molar-refractivity contribution in [2.45, 2.75) is 36.9 Å². The van der Waals surface area contributed by atoms with E-state index in [0.717, 1.165) is 26.4 Å². The molecule has 0 radical (unpaired) electrons. The van der Waals surface area contributed by atoms with Gasteiger partial charge in [0.1, 0.15) is 5.15 Å². The number of thioether (sulfide) groups is 1. The highest BCUT2D eigenvalue weighted by Gasteiger charge is 2.16. The molecule has 5 nitrogen and oxygen atoms in total. The highest BCUT2D eigenvalue weighted by Crippen LogP contribution is 2.32. The van der Waals surface area contributed by atoms with Gasteiger partial charge in [-0.3, -0.25) is 0 Å². The number of nitrogens with zero attached hydrogens (tertiary/aromatic N) is 4. The second-order valence-corrected chi connectivity index (χ2v) is 8.12. The van der Waals surface area contributed by atoms with Gasteiger partial charge >= 0.3 is 0 Å². The van der Waals surface area contributed by atoms with Crippen molar-refractivity contribution in [2.75, 3.05) is 5.32 Å². The lowest BCUT2D eigenvalue weighted by molar-refractivity contribution is 0.863. The van der Waals surface area contributed by atoms with Gasteiger partial charge in [-0.25, -0.2) is 4.68 Å². The molecule has 0 fully saturated rings. The molecule has 0 bridgehead atoms. The summed E-state index contributed by atoms with van der Waals surface area (Å²) in [4.78, 5) is 0. The normalized spacial score (nSPS) is 11.2. The summed E-state index contributed by atoms with van der Waals surface area (Å²) in [5, 5.41) is 17.7. The van der Waals surface area contributed by atoms with Gasteiger partial charge in [-0.05, 0) is 32.9 Å². The van der Waals surface area contributed by atoms with Gasteiger partial charge in [0.15, 0.2) is 4.34 Å². The summed E-state index contributed by atoms with van der Waals surface area (Å²) in [6.07, 6.45) is 0. The molecule has 3 rings (SSSR count). The number of aryl methyl sites for hydroxylation is 1. The molecular weight excluding hydrogens is 362 g/mol. The minimum absolute atomic E-state index is 0.344. The highest BCUT2D eigenvalue weighted by atomic mass is 35.5. The third-order valence-corrected chi connectivity index (χ3v) is 5.68. The van der Waals surface area contributed by atoms with Crippen LogP contribution in [0.2, 0.25) is 5.15 Å². The summed E-state index contributed by atoms with van der Waals surface area (Å²) in [6.45, 7) is 6.14. The number of hydrogen-bond acceptors (Lipinski definition) is 6. The Hall–Kier alpha value is -1.57. The van der Waals surface area contributed by atoms with Crippen molar-refractivity contribution in [3.63, 3.8) is 0 Å². The summed E-state index contributed by atoms with van der Waals surface area (Å²) >= 11 is 9.73. The van der Waals surface area contributed by atoms with Crippen LogP contribution in [-0.4, -0.2) is 26.0 Å². The van der Waals surface area contributed by atoms with E-state index in [0.29, 0.717) is 16.9 Å². The standard InChI is InChI=1S/C16H18ClN5S2/c1-10(2)18-15-19-20-16(24-15)23-9-13-11(3)21-22(14(13)17)12-7-5-4-6-8-12/h4-8,10H,9H2,1-3H3,(H,18,19). The van der Waals surface area contributed by atoms with Crippen molar-refractivity contribution >= 4 is 39.8 Å². The first-order valence-corrected chi connectivity index (χ1v) is 9.75. The number of halogens is 1. The first-order valence-electron chi connectivity index (χ1n) is 7.57. The lowest BCUT2D eigenvalue weighted by Gasteiger charge is -2.03. The summed E-state index contributed by atoms with van der Waals surface area (Å²) < 4.78 is 2.69. The van der Waals surface area contributed by atoms with Gasteiger partial charge in [0, 0.05) is 17.4 Å². The maximum atomic E-state index is 6.55. The Morgan fingerprint density at radius 3 is 2.71 bits per heavy atom. The number of aromatic nitrogens is 4. The lowest BCUT2D eigenvalue weighted by Crippen LogP contribution is -2.08. The van der Waals surface area contributed by atoms with E-state index in [2.05, 4.69) is 34.5 Å². The van der Waals surface area contributed by atoms with Crippen LogP contribution in [0.3, 0.4) is 0 Å². The summed E-state index contributed by atoms with van der Waals surface area (Å²) in [6, 6.07) is 10.2. The fourth-order valence-electron chi connectivity index (χ4n) is 2.14. The largest absolute Gasteiger partial charge is 0.358 e. The van der Waals surface area contributed by atoms with Crippen molar-refractivity contribution in [1.29, 1.82) is 0 Å². The average molecular weight is 380 g/mol. The average Bonchev–Trinajstić information content (AvgIpc) is 3.10. The molecule has 0 spiro atoms. The molecule has 0 aliphatic rings. The van der Waals surface area contributed by atoms with Crippen LogP contribution in [0.4, 0.5) is 5.13 Å². The minimum atomic E-state index is 0.344. The van der Waals surface area contributed by atoms with Crippen LogP contribution in [0.25, 0.3) is 5.69 Å². The second kappa shape index (κ2) is 7.55. The molecule has 0 aliphatic carbocycles. The van der Waals surface area contributed by atoms with Crippen molar-refractivity contribution in [3.05, 3.63) is 46.7 Å². The van der Waals surface area contributed by atoms with Crippen molar-refractivity contribution in [1.82, 2.24) is 20.0 Å². The van der Waals surface area contributed by atoms with Crippen molar-refractivity contribution in [3.8, 4) is 5.69 Å². The third kappa shape index (κ3) is 3.91. The van der Waals surface area contributed by atoms with Crippen LogP contribution in [0.15, 0.2) is 34.7 Å². The van der Waals surface area contributed by atoms with Gasteiger partial charge in [0.2, 0.25) is 5.13 Å². The smallest absolute Gasteiger partial charge is 0.206 e. The van der Waals surface area contributed by atoms with E-state index in [1.165, 1.54) is 0 Å². The van der Waals surface area contributed by atoms with Gasteiger partial charge in [-0.2, -0.15) is 5.10 Å². The zero-order valence-corrected chi connectivity index (χ0v) is 16.0. The van der Waals surface area contributed by atoms with E-state index >= 15 is 0 Å². The lowest BCUT2D eigenvalue weighted by atomic mass is 10.3. The van der Waals surface area contributed by atoms with Crippen molar-refractivity contribution in [2.24, 2.45) is 0 Å². The topological polar surface area (TPSA) is 55.6 Å². The molecule has 1 N–H and O–H groups in total. The highest BCUT2D eigenvalue weighted by molar-refractivity contribution is 8.00. The zero-order chi connectivity index (χ0) is 17.1. The van der Waals surface area contributed by atoms with Gasteiger partial charge in [-0.1, -0.05) is 52.9 Å². The maximum Gasteiger partial charge on any atom is 0.206 e. The number of para-hydroxylation sites is 1. The van der Waals surface area contributed by atoms with Gasteiger partial charge in [0.05, 0.1) is 11.4 Å². The molecule has 0 saturated carbocycles. The van der Waals surface area contributed by atoms with Crippen LogP contribution >= 0.6 is 34.7 Å². The monoisotopic (exact) mass is 379 g/mol. The fourth-order valence-corrected chi connectivity index (χ4v) is 4.55. The van der Waals surface area contributed by atoms with Crippen LogP contribution in [0, 0.1) is 6.92 Å². The Bertz CT molecular complexity index is 813. The van der Waals surface area contributed by atoms with E-state index < -0.39 is 0 Å². The van der Waals surface area contributed by atoms with E-state index in [1.54, 1.807) is 27.8 Å². The first-order chi connectivity index (χ1) is 11.5. The molecule has 0 saturated heterocycles. The zero-order valence-electron chi connectivity index (χ0n) is 13.7. The number of benzene rings is 1. The summed E-state index contributed by atoms with van der Waals surface area (Å²) in [5.74, 6) is 0.716. The van der Waals surface area contributed by atoms with Crippen LogP contribution in [0.1, 0.15) is 25.1 Å².